The first-order valence-electron chi connectivity index (χ1n) is 10.5. The number of ether oxygens (including phenoxy) is 2. The molecule has 3 rings (SSSR count). The van der Waals surface area contributed by atoms with Crippen LogP contribution in [0, 0.1) is 13.8 Å². The first-order valence-corrected chi connectivity index (χ1v) is 11.4. The Balaban J connectivity index is 1.60. The van der Waals surface area contributed by atoms with E-state index in [2.05, 4.69) is 10.6 Å². The highest BCUT2D eigenvalue weighted by Crippen LogP contribution is 2.29. The molecule has 0 aliphatic rings. The van der Waals surface area contributed by atoms with Gasteiger partial charge in [-0.3, -0.25) is 9.59 Å². The molecule has 1 atom stereocenters. The summed E-state index contributed by atoms with van der Waals surface area (Å²) in [5.74, 6) is 0.744. The molecule has 0 saturated heterocycles. The van der Waals surface area contributed by atoms with Crippen LogP contribution in [0.15, 0.2) is 65.6 Å². The molecule has 0 spiro atoms. The van der Waals surface area contributed by atoms with Crippen LogP contribution >= 0.6 is 11.8 Å². The summed E-state index contributed by atoms with van der Waals surface area (Å²) in [6, 6.07) is 18.4. The number of anilines is 2. The van der Waals surface area contributed by atoms with E-state index in [0.29, 0.717) is 22.7 Å². The molecule has 2 amide bonds. The molecule has 0 fully saturated rings. The van der Waals surface area contributed by atoms with Gasteiger partial charge in [0.1, 0.15) is 0 Å². The third kappa shape index (κ3) is 6.29. The number of nitrogens with one attached hydrogen (secondary N) is 2. The number of carbonyl (C=O) groups is 2. The fraction of sp³-hybridized carbons (Fsp3) is 0.231. The van der Waals surface area contributed by atoms with E-state index < -0.39 is 0 Å². The van der Waals surface area contributed by atoms with Crippen molar-refractivity contribution < 1.29 is 19.1 Å². The zero-order chi connectivity index (χ0) is 24.0. The summed E-state index contributed by atoms with van der Waals surface area (Å²) in [7, 11) is 3.07. The SMILES string of the molecule is COc1ccc(C(=O)Nc2ccc(SC(C)C(=O)Nc3cc(C)ccc3C)cc2)cc1OC. The lowest BCUT2D eigenvalue weighted by molar-refractivity contribution is -0.115. The van der Waals surface area contributed by atoms with E-state index in [4.69, 9.17) is 9.47 Å². The van der Waals surface area contributed by atoms with Crippen LogP contribution in [0.5, 0.6) is 11.5 Å². The smallest absolute Gasteiger partial charge is 0.255 e. The van der Waals surface area contributed by atoms with Crippen molar-refractivity contribution in [3.05, 3.63) is 77.4 Å². The topological polar surface area (TPSA) is 76.7 Å². The fourth-order valence-corrected chi connectivity index (χ4v) is 4.03. The quantitative estimate of drug-likeness (QED) is 0.419. The molecule has 0 aromatic heterocycles. The maximum atomic E-state index is 12.6. The minimum Gasteiger partial charge on any atom is -0.493 e. The third-order valence-corrected chi connectivity index (χ3v) is 6.20. The number of thioether (sulfide) groups is 1. The van der Waals surface area contributed by atoms with Crippen LogP contribution in [0.1, 0.15) is 28.4 Å². The van der Waals surface area contributed by atoms with Crippen LogP contribution in [0.2, 0.25) is 0 Å². The lowest BCUT2D eigenvalue weighted by Crippen LogP contribution is -2.22. The van der Waals surface area contributed by atoms with E-state index in [1.165, 1.54) is 18.9 Å². The summed E-state index contributed by atoms with van der Waals surface area (Å²) >= 11 is 1.46. The van der Waals surface area contributed by atoms with E-state index in [1.807, 2.05) is 63.2 Å². The lowest BCUT2D eigenvalue weighted by atomic mass is 10.1. The highest BCUT2D eigenvalue weighted by atomic mass is 32.2. The number of aryl methyl sites for hydroxylation is 2. The number of hydrogen-bond donors (Lipinski definition) is 2. The summed E-state index contributed by atoms with van der Waals surface area (Å²) in [6.45, 7) is 5.85. The highest BCUT2D eigenvalue weighted by Gasteiger charge is 2.16. The predicted molar refractivity (Wildman–Crippen MR) is 134 cm³/mol. The third-order valence-electron chi connectivity index (χ3n) is 5.09. The van der Waals surface area contributed by atoms with Gasteiger partial charge in [0.2, 0.25) is 5.91 Å². The van der Waals surface area contributed by atoms with Crippen molar-refractivity contribution in [3.63, 3.8) is 0 Å². The Hall–Kier alpha value is -3.45. The second-order valence-corrected chi connectivity index (χ2v) is 9.03. The summed E-state index contributed by atoms with van der Waals surface area (Å²) in [4.78, 5) is 26.2. The van der Waals surface area contributed by atoms with Crippen molar-refractivity contribution in [3.8, 4) is 11.5 Å². The Kier molecular flexibility index (Phi) is 8.01. The van der Waals surface area contributed by atoms with Crippen LogP contribution in [0.25, 0.3) is 0 Å². The number of amides is 2. The van der Waals surface area contributed by atoms with Gasteiger partial charge in [-0.25, -0.2) is 0 Å². The normalized spacial score (nSPS) is 11.4. The Morgan fingerprint density at radius 3 is 2.21 bits per heavy atom. The molecule has 172 valence electrons. The molecule has 2 N–H and O–H groups in total. The van der Waals surface area contributed by atoms with Gasteiger partial charge in [-0.15, -0.1) is 11.8 Å². The first kappa shape index (κ1) is 24.2. The van der Waals surface area contributed by atoms with E-state index in [9.17, 15) is 9.59 Å². The summed E-state index contributed by atoms with van der Waals surface area (Å²) in [5, 5.41) is 5.60. The maximum Gasteiger partial charge on any atom is 0.255 e. The van der Waals surface area contributed by atoms with Crippen molar-refractivity contribution in [2.45, 2.75) is 30.9 Å². The van der Waals surface area contributed by atoms with Gasteiger partial charge in [-0.05, 0) is 80.4 Å². The van der Waals surface area contributed by atoms with Gasteiger partial charge in [-0.2, -0.15) is 0 Å². The molecule has 0 aliphatic heterocycles. The predicted octanol–water partition coefficient (Wildman–Crippen LogP) is 5.69. The molecule has 0 bridgehead atoms. The zero-order valence-electron chi connectivity index (χ0n) is 19.4. The van der Waals surface area contributed by atoms with E-state index >= 15 is 0 Å². The largest absolute Gasteiger partial charge is 0.493 e. The molecule has 33 heavy (non-hydrogen) atoms. The van der Waals surface area contributed by atoms with Crippen LogP contribution in [-0.4, -0.2) is 31.3 Å². The number of carbonyl (C=O) groups excluding carboxylic acids is 2. The molecule has 0 aliphatic carbocycles. The number of benzene rings is 3. The Morgan fingerprint density at radius 1 is 0.848 bits per heavy atom. The Bertz CT molecular complexity index is 1150. The van der Waals surface area contributed by atoms with E-state index in [-0.39, 0.29) is 17.1 Å². The van der Waals surface area contributed by atoms with Crippen LogP contribution in [0.4, 0.5) is 11.4 Å². The van der Waals surface area contributed by atoms with Crippen LogP contribution < -0.4 is 20.1 Å². The van der Waals surface area contributed by atoms with Crippen molar-refractivity contribution in [2.75, 3.05) is 24.9 Å². The standard InChI is InChI=1S/C26H28N2O4S/c1-16-6-7-17(2)22(14-16)28-25(29)18(3)33-21-11-9-20(10-12-21)27-26(30)19-8-13-23(31-4)24(15-19)32-5/h6-15,18H,1-5H3,(H,27,30)(H,28,29). The average Bonchev–Trinajstić information content (AvgIpc) is 2.82. The second kappa shape index (κ2) is 10.9. The Labute approximate surface area is 198 Å². The fourth-order valence-electron chi connectivity index (χ4n) is 3.16. The number of rotatable bonds is 8. The molecule has 6 nitrogen and oxygen atoms in total. The molecular weight excluding hydrogens is 436 g/mol. The monoisotopic (exact) mass is 464 g/mol. The summed E-state index contributed by atoms with van der Waals surface area (Å²) < 4.78 is 10.5. The van der Waals surface area contributed by atoms with Gasteiger partial charge < -0.3 is 20.1 Å². The van der Waals surface area contributed by atoms with Gasteiger partial charge in [0.05, 0.1) is 19.5 Å². The lowest BCUT2D eigenvalue weighted by Gasteiger charge is -2.14. The van der Waals surface area contributed by atoms with Crippen LogP contribution in [0.3, 0.4) is 0 Å². The Morgan fingerprint density at radius 2 is 1.55 bits per heavy atom. The summed E-state index contributed by atoms with van der Waals surface area (Å²) in [6.07, 6.45) is 0. The molecule has 1 unspecified atom stereocenters. The molecule has 7 heteroatoms. The molecule has 0 saturated carbocycles. The van der Waals surface area contributed by atoms with Gasteiger partial charge >= 0.3 is 0 Å². The van der Waals surface area contributed by atoms with Gasteiger partial charge in [0.15, 0.2) is 11.5 Å². The van der Waals surface area contributed by atoms with Crippen LogP contribution in [-0.2, 0) is 4.79 Å². The van der Waals surface area contributed by atoms with Gasteiger partial charge in [0, 0.05) is 21.8 Å². The molecule has 0 radical (unpaired) electrons. The molecular formula is C26H28N2O4S. The highest BCUT2D eigenvalue weighted by molar-refractivity contribution is 8.00. The minimum atomic E-state index is -0.280. The van der Waals surface area contributed by atoms with Crippen molar-refractivity contribution in [1.29, 1.82) is 0 Å². The maximum absolute atomic E-state index is 12.6. The molecule has 3 aromatic carbocycles. The number of hydrogen-bond acceptors (Lipinski definition) is 5. The van der Waals surface area contributed by atoms with Gasteiger partial charge in [-0.1, -0.05) is 12.1 Å². The first-order chi connectivity index (χ1) is 15.8. The zero-order valence-corrected chi connectivity index (χ0v) is 20.2. The summed E-state index contributed by atoms with van der Waals surface area (Å²) in [5.41, 5.74) is 4.08. The van der Waals surface area contributed by atoms with Crippen molar-refractivity contribution in [2.24, 2.45) is 0 Å². The second-order valence-electron chi connectivity index (χ2n) is 7.62. The average molecular weight is 465 g/mol. The van der Waals surface area contributed by atoms with Gasteiger partial charge in [0.25, 0.3) is 5.91 Å². The van der Waals surface area contributed by atoms with E-state index in [0.717, 1.165) is 21.7 Å². The molecule has 0 heterocycles. The van der Waals surface area contributed by atoms with Crippen molar-refractivity contribution in [1.82, 2.24) is 0 Å². The van der Waals surface area contributed by atoms with Crippen molar-refractivity contribution >= 4 is 35.0 Å². The minimum absolute atomic E-state index is 0.0560. The number of methoxy groups -OCH3 is 2. The molecule has 3 aromatic rings. The van der Waals surface area contributed by atoms with E-state index in [1.54, 1.807) is 25.3 Å².